The van der Waals surface area contributed by atoms with E-state index in [0.717, 1.165) is 11.1 Å². The van der Waals surface area contributed by atoms with Gasteiger partial charge < -0.3 is 5.32 Å². The third-order valence-electron chi connectivity index (χ3n) is 4.61. The Balaban J connectivity index is 1.76. The Morgan fingerprint density at radius 1 is 1.12 bits per heavy atom. The molecule has 0 saturated carbocycles. The number of hydrogen-bond donors (Lipinski definition) is 3. The zero-order chi connectivity index (χ0) is 23.5. The number of carbonyl (C=O) groups is 2. The first kappa shape index (κ1) is 23.9. The van der Waals surface area contributed by atoms with Crippen molar-refractivity contribution in [2.24, 2.45) is 0 Å². The van der Waals surface area contributed by atoms with E-state index in [0.29, 0.717) is 10.8 Å². The highest BCUT2D eigenvalue weighted by Crippen LogP contribution is 2.28. The average molecular weight is 493 g/mol. The van der Waals surface area contributed by atoms with Crippen LogP contribution in [0.4, 0.5) is 5.13 Å². The summed E-state index contributed by atoms with van der Waals surface area (Å²) < 4.78 is 26.2. The number of thiazole rings is 1. The summed E-state index contributed by atoms with van der Waals surface area (Å²) in [4.78, 5) is 28.3. The van der Waals surface area contributed by atoms with Gasteiger partial charge in [-0.2, -0.15) is 0 Å². The van der Waals surface area contributed by atoms with Gasteiger partial charge in [0.05, 0.1) is 27.2 Å². The van der Waals surface area contributed by atoms with E-state index in [1.807, 2.05) is 31.2 Å². The maximum Gasteiger partial charge on any atom is 0.259 e. The number of anilines is 1. The van der Waals surface area contributed by atoms with E-state index in [1.54, 1.807) is 5.38 Å². The monoisotopic (exact) mass is 492 g/mol. The number of carbonyl (C=O) groups excluding carboxylic acids is 2. The number of sulfonamides is 1. The second-order valence-corrected chi connectivity index (χ2v) is 10.0. The van der Waals surface area contributed by atoms with Crippen molar-refractivity contribution >= 4 is 49.9 Å². The van der Waals surface area contributed by atoms with Gasteiger partial charge in [0.1, 0.15) is 0 Å². The van der Waals surface area contributed by atoms with Crippen LogP contribution in [0, 0.1) is 0 Å². The van der Waals surface area contributed by atoms with Crippen LogP contribution in [-0.2, 0) is 14.8 Å². The molecule has 3 rings (SSSR count). The molecule has 1 aromatic heterocycles. The van der Waals surface area contributed by atoms with Gasteiger partial charge in [0, 0.05) is 17.9 Å². The van der Waals surface area contributed by atoms with Gasteiger partial charge in [-0.15, -0.1) is 11.3 Å². The fourth-order valence-corrected chi connectivity index (χ4v) is 4.60. The minimum Gasteiger partial charge on any atom is -0.350 e. The number of nitrogens with zero attached hydrogens (tertiary/aromatic N) is 1. The lowest BCUT2D eigenvalue weighted by atomic mass is 10.1. The minimum atomic E-state index is -3.72. The summed E-state index contributed by atoms with van der Waals surface area (Å²) in [5.74, 6) is -0.667. The van der Waals surface area contributed by atoms with Gasteiger partial charge in [0.25, 0.3) is 5.91 Å². The molecule has 0 radical (unpaired) electrons. The van der Waals surface area contributed by atoms with Crippen molar-refractivity contribution in [2.75, 3.05) is 12.4 Å². The van der Waals surface area contributed by atoms with Crippen LogP contribution in [0.5, 0.6) is 0 Å². The van der Waals surface area contributed by atoms with Crippen molar-refractivity contribution in [3.63, 3.8) is 0 Å². The highest BCUT2D eigenvalue weighted by Gasteiger charge is 2.18. The third kappa shape index (κ3) is 5.52. The fourth-order valence-electron chi connectivity index (χ4n) is 2.92. The molecule has 32 heavy (non-hydrogen) atoms. The van der Waals surface area contributed by atoms with E-state index in [4.69, 9.17) is 11.6 Å². The van der Waals surface area contributed by atoms with Crippen LogP contribution in [-0.4, -0.2) is 32.3 Å². The molecule has 1 heterocycles. The second kappa shape index (κ2) is 9.78. The van der Waals surface area contributed by atoms with E-state index >= 15 is 0 Å². The first-order valence-electron chi connectivity index (χ1n) is 9.48. The number of nitrogens with one attached hydrogen (secondary N) is 3. The molecule has 3 aromatic rings. The molecule has 0 aliphatic heterocycles. The molecule has 0 spiro atoms. The summed E-state index contributed by atoms with van der Waals surface area (Å²) in [6, 6.07) is 11.4. The molecule has 0 aliphatic rings. The zero-order valence-electron chi connectivity index (χ0n) is 17.5. The molecule has 1 unspecified atom stereocenters. The van der Waals surface area contributed by atoms with Gasteiger partial charge in [0.2, 0.25) is 15.9 Å². The Labute approximate surface area is 195 Å². The van der Waals surface area contributed by atoms with Crippen LogP contribution in [0.25, 0.3) is 11.3 Å². The summed E-state index contributed by atoms with van der Waals surface area (Å²) in [6.45, 7) is 3.37. The first-order chi connectivity index (χ1) is 15.1. The van der Waals surface area contributed by atoms with E-state index in [-0.39, 0.29) is 27.4 Å². The van der Waals surface area contributed by atoms with Crippen molar-refractivity contribution in [1.82, 2.24) is 15.0 Å². The minimum absolute atomic E-state index is 0.0241. The van der Waals surface area contributed by atoms with Gasteiger partial charge >= 0.3 is 0 Å². The maximum absolute atomic E-state index is 12.7. The van der Waals surface area contributed by atoms with E-state index in [2.05, 4.69) is 20.3 Å². The van der Waals surface area contributed by atoms with Crippen LogP contribution in [0.1, 0.15) is 35.8 Å². The summed E-state index contributed by atoms with van der Waals surface area (Å²) in [7, 11) is -2.43. The number of halogens is 1. The van der Waals surface area contributed by atoms with E-state index < -0.39 is 15.9 Å². The summed E-state index contributed by atoms with van der Waals surface area (Å²) in [6.07, 6.45) is 0. The van der Waals surface area contributed by atoms with Crippen LogP contribution in [0.15, 0.2) is 52.7 Å². The molecular formula is C21H21ClN4O4S2. The zero-order valence-corrected chi connectivity index (χ0v) is 19.9. The van der Waals surface area contributed by atoms with E-state index in [9.17, 15) is 18.0 Å². The van der Waals surface area contributed by atoms with Gasteiger partial charge in [-0.25, -0.2) is 18.1 Å². The van der Waals surface area contributed by atoms with Gasteiger partial charge in [-0.3, -0.25) is 14.9 Å². The Morgan fingerprint density at radius 3 is 2.44 bits per heavy atom. The molecule has 0 saturated heterocycles. The molecule has 8 nitrogen and oxygen atoms in total. The highest BCUT2D eigenvalue weighted by molar-refractivity contribution is 7.89. The largest absolute Gasteiger partial charge is 0.350 e. The van der Waals surface area contributed by atoms with Crippen molar-refractivity contribution in [3.05, 3.63) is 64.0 Å². The standard InChI is InChI=1S/C21H21ClN4O4S2/c1-12(24-13(2)27)14-4-6-15(7-5-14)19-11-31-21(25-19)26-20(28)17-10-16(8-9-18(17)22)32(29,30)23-3/h4-12,23H,1-3H3,(H,24,27)(H,25,26,28). The first-order valence-corrected chi connectivity index (χ1v) is 12.2. The molecule has 0 fully saturated rings. The van der Waals surface area contributed by atoms with E-state index in [1.165, 1.54) is 43.5 Å². The SMILES string of the molecule is CNS(=O)(=O)c1ccc(Cl)c(C(=O)Nc2nc(-c3ccc(C(C)NC(C)=O)cc3)cs2)c1. The van der Waals surface area contributed by atoms with Crippen LogP contribution >= 0.6 is 22.9 Å². The molecule has 0 aliphatic carbocycles. The topological polar surface area (TPSA) is 117 Å². The number of hydrogen-bond acceptors (Lipinski definition) is 6. The lowest BCUT2D eigenvalue weighted by molar-refractivity contribution is -0.119. The quantitative estimate of drug-likeness (QED) is 0.463. The number of amides is 2. The average Bonchev–Trinajstić information content (AvgIpc) is 3.21. The highest BCUT2D eigenvalue weighted by atomic mass is 35.5. The molecule has 168 valence electrons. The molecule has 0 bridgehead atoms. The maximum atomic E-state index is 12.7. The van der Waals surface area contributed by atoms with Crippen molar-refractivity contribution in [3.8, 4) is 11.3 Å². The van der Waals surface area contributed by atoms with Gasteiger partial charge in [0.15, 0.2) is 5.13 Å². The van der Waals surface area contributed by atoms with Crippen LogP contribution in [0.2, 0.25) is 5.02 Å². The number of benzene rings is 2. The molecule has 1 atom stereocenters. The van der Waals surface area contributed by atoms with Crippen molar-refractivity contribution in [1.29, 1.82) is 0 Å². The Hall–Kier alpha value is -2.79. The Bertz CT molecular complexity index is 1260. The molecule has 2 aromatic carbocycles. The molecular weight excluding hydrogens is 472 g/mol. The fraction of sp³-hybridized carbons (Fsp3) is 0.190. The van der Waals surface area contributed by atoms with Gasteiger partial charge in [-0.1, -0.05) is 35.9 Å². The molecule has 2 amide bonds. The summed E-state index contributed by atoms with van der Waals surface area (Å²) in [5, 5.41) is 7.75. The van der Waals surface area contributed by atoms with Crippen molar-refractivity contribution < 1.29 is 18.0 Å². The number of rotatable bonds is 7. The lowest BCUT2D eigenvalue weighted by Gasteiger charge is -2.13. The predicted molar refractivity (Wildman–Crippen MR) is 125 cm³/mol. The summed E-state index contributed by atoms with van der Waals surface area (Å²) >= 11 is 7.34. The third-order valence-corrected chi connectivity index (χ3v) is 7.11. The van der Waals surface area contributed by atoms with Gasteiger partial charge in [-0.05, 0) is 37.7 Å². The smallest absolute Gasteiger partial charge is 0.259 e. The normalized spacial score (nSPS) is 12.2. The predicted octanol–water partition coefficient (Wildman–Crippen LogP) is 3.82. The van der Waals surface area contributed by atoms with Crippen LogP contribution in [0.3, 0.4) is 0 Å². The van der Waals surface area contributed by atoms with Crippen LogP contribution < -0.4 is 15.4 Å². The lowest BCUT2D eigenvalue weighted by Crippen LogP contribution is -2.23. The molecule has 3 N–H and O–H groups in total. The molecule has 11 heteroatoms. The Kier molecular flexibility index (Phi) is 7.29. The second-order valence-electron chi connectivity index (χ2n) is 6.89. The Morgan fingerprint density at radius 2 is 1.81 bits per heavy atom. The number of aromatic nitrogens is 1. The summed E-state index contributed by atoms with van der Waals surface area (Å²) in [5.41, 5.74) is 2.50. The van der Waals surface area contributed by atoms with Crippen molar-refractivity contribution in [2.45, 2.75) is 24.8 Å².